The molecule has 2 aromatic rings. The third-order valence-electron chi connectivity index (χ3n) is 3.19. The number of benzene rings is 1. The molecule has 0 spiro atoms. The fourth-order valence-electron chi connectivity index (χ4n) is 1.84. The van der Waals surface area contributed by atoms with Gasteiger partial charge in [0.15, 0.2) is 5.82 Å². The molecule has 21 heavy (non-hydrogen) atoms. The molecular formula is C15H16N4O2. The smallest absolute Gasteiger partial charge is 0.256 e. The number of amides is 1. The van der Waals surface area contributed by atoms with Crippen molar-refractivity contribution < 1.29 is 9.53 Å². The number of nitrogens with one attached hydrogen (secondary N) is 2. The summed E-state index contributed by atoms with van der Waals surface area (Å²) < 4.78 is 5.06. The lowest BCUT2D eigenvalue weighted by Crippen LogP contribution is -2.13. The van der Waals surface area contributed by atoms with Crippen LogP contribution in [0.5, 0.6) is 5.75 Å². The first-order valence-electron chi connectivity index (χ1n) is 6.80. The van der Waals surface area contributed by atoms with Gasteiger partial charge in [-0.15, -0.1) is 10.2 Å². The van der Waals surface area contributed by atoms with Crippen molar-refractivity contribution >= 4 is 17.5 Å². The van der Waals surface area contributed by atoms with Gasteiger partial charge in [-0.3, -0.25) is 4.79 Å². The maximum atomic E-state index is 12.1. The Labute approximate surface area is 122 Å². The molecule has 1 aromatic heterocycles. The van der Waals surface area contributed by atoms with Gasteiger partial charge in [0.1, 0.15) is 11.6 Å². The number of aromatic nitrogens is 2. The molecule has 0 radical (unpaired) electrons. The van der Waals surface area contributed by atoms with Gasteiger partial charge in [0, 0.05) is 11.6 Å². The monoisotopic (exact) mass is 284 g/mol. The van der Waals surface area contributed by atoms with Crippen LogP contribution in [0.15, 0.2) is 36.4 Å². The summed E-state index contributed by atoms with van der Waals surface area (Å²) in [6.45, 7) is 0. The van der Waals surface area contributed by atoms with Gasteiger partial charge in [0.25, 0.3) is 5.91 Å². The molecule has 1 aliphatic rings. The lowest BCUT2D eigenvalue weighted by Gasteiger charge is -2.06. The van der Waals surface area contributed by atoms with E-state index in [1.54, 1.807) is 37.4 Å². The van der Waals surface area contributed by atoms with Gasteiger partial charge >= 0.3 is 0 Å². The van der Waals surface area contributed by atoms with E-state index < -0.39 is 0 Å². The summed E-state index contributed by atoms with van der Waals surface area (Å²) in [6, 6.07) is 11.0. The first-order chi connectivity index (χ1) is 10.2. The molecule has 0 saturated heterocycles. The molecule has 3 rings (SSSR count). The summed E-state index contributed by atoms with van der Waals surface area (Å²) in [5, 5.41) is 14.0. The van der Waals surface area contributed by atoms with Gasteiger partial charge in [0.05, 0.1) is 7.11 Å². The van der Waals surface area contributed by atoms with Crippen molar-refractivity contribution in [2.24, 2.45) is 0 Å². The molecule has 0 bridgehead atoms. The maximum absolute atomic E-state index is 12.1. The molecule has 1 aliphatic carbocycles. The third kappa shape index (κ3) is 3.47. The maximum Gasteiger partial charge on any atom is 0.256 e. The molecule has 2 N–H and O–H groups in total. The lowest BCUT2D eigenvalue weighted by atomic mass is 10.2. The molecule has 1 saturated carbocycles. The van der Waals surface area contributed by atoms with Crippen LogP contribution < -0.4 is 15.4 Å². The highest BCUT2D eigenvalue weighted by atomic mass is 16.5. The van der Waals surface area contributed by atoms with Crippen molar-refractivity contribution in [2.45, 2.75) is 18.9 Å². The molecule has 6 nitrogen and oxygen atoms in total. The largest absolute Gasteiger partial charge is 0.497 e. The first kappa shape index (κ1) is 13.4. The minimum Gasteiger partial charge on any atom is -0.497 e. The predicted molar refractivity (Wildman–Crippen MR) is 79.6 cm³/mol. The van der Waals surface area contributed by atoms with Gasteiger partial charge in [-0.25, -0.2) is 0 Å². The zero-order valence-corrected chi connectivity index (χ0v) is 11.7. The second-order valence-corrected chi connectivity index (χ2v) is 4.91. The van der Waals surface area contributed by atoms with Crippen molar-refractivity contribution in [3.8, 4) is 5.75 Å². The Kier molecular flexibility index (Phi) is 3.68. The van der Waals surface area contributed by atoms with Crippen LogP contribution in [-0.2, 0) is 0 Å². The van der Waals surface area contributed by atoms with E-state index in [1.165, 1.54) is 12.8 Å². The van der Waals surface area contributed by atoms with Crippen molar-refractivity contribution in [3.63, 3.8) is 0 Å². The number of carbonyl (C=O) groups is 1. The summed E-state index contributed by atoms with van der Waals surface area (Å²) in [5.41, 5.74) is 0.540. The van der Waals surface area contributed by atoms with Gasteiger partial charge < -0.3 is 15.4 Å². The van der Waals surface area contributed by atoms with Crippen molar-refractivity contribution in [2.75, 3.05) is 17.7 Å². The summed E-state index contributed by atoms with van der Waals surface area (Å²) in [7, 11) is 1.59. The standard InChI is InChI=1S/C15H16N4O2/c1-21-12-6-2-10(3-7-12)15(20)17-14-9-8-13(18-19-14)16-11-4-5-11/h2-3,6-9,11H,4-5H2,1H3,(H,16,18)(H,17,19,20). The molecular weight excluding hydrogens is 268 g/mol. The first-order valence-corrected chi connectivity index (χ1v) is 6.80. The summed E-state index contributed by atoms with van der Waals surface area (Å²) >= 11 is 0. The Hall–Kier alpha value is -2.63. The summed E-state index contributed by atoms with van der Waals surface area (Å²) in [5.74, 6) is 1.65. The third-order valence-corrected chi connectivity index (χ3v) is 3.19. The van der Waals surface area contributed by atoms with Crippen LogP contribution in [0.3, 0.4) is 0 Å². The van der Waals surface area contributed by atoms with Crippen LogP contribution in [0.25, 0.3) is 0 Å². The lowest BCUT2D eigenvalue weighted by molar-refractivity contribution is 0.102. The number of ether oxygens (including phenoxy) is 1. The van der Waals surface area contributed by atoms with E-state index in [4.69, 9.17) is 4.74 Å². The highest BCUT2D eigenvalue weighted by Crippen LogP contribution is 2.23. The number of nitrogens with zero attached hydrogens (tertiary/aromatic N) is 2. The molecule has 0 unspecified atom stereocenters. The molecule has 108 valence electrons. The Morgan fingerprint density at radius 3 is 2.33 bits per heavy atom. The molecule has 1 heterocycles. The topological polar surface area (TPSA) is 76.1 Å². The zero-order chi connectivity index (χ0) is 14.7. The van der Waals surface area contributed by atoms with Crippen molar-refractivity contribution in [3.05, 3.63) is 42.0 Å². The van der Waals surface area contributed by atoms with Crippen molar-refractivity contribution in [1.29, 1.82) is 0 Å². The second-order valence-electron chi connectivity index (χ2n) is 4.91. The van der Waals surface area contributed by atoms with Gasteiger partial charge in [-0.1, -0.05) is 0 Å². The predicted octanol–water partition coefficient (Wildman–Crippen LogP) is 2.31. The highest BCUT2D eigenvalue weighted by molar-refractivity contribution is 6.03. The Morgan fingerprint density at radius 1 is 1.10 bits per heavy atom. The quantitative estimate of drug-likeness (QED) is 0.881. The molecule has 1 fully saturated rings. The average molecular weight is 284 g/mol. The Balaban J connectivity index is 1.62. The van der Waals surface area contributed by atoms with Crippen LogP contribution in [0.2, 0.25) is 0 Å². The van der Waals surface area contributed by atoms with E-state index in [0.717, 1.165) is 5.82 Å². The van der Waals surface area contributed by atoms with Gasteiger partial charge in [-0.2, -0.15) is 0 Å². The number of anilines is 2. The van der Waals surface area contributed by atoms with Gasteiger partial charge in [0.2, 0.25) is 0 Å². The van der Waals surface area contributed by atoms with E-state index in [-0.39, 0.29) is 5.91 Å². The van der Waals surface area contributed by atoms with E-state index in [0.29, 0.717) is 23.2 Å². The second kappa shape index (κ2) is 5.78. The van der Waals surface area contributed by atoms with Crippen LogP contribution >= 0.6 is 0 Å². The fraction of sp³-hybridized carbons (Fsp3) is 0.267. The number of carbonyl (C=O) groups excluding carboxylic acids is 1. The van der Waals surface area contributed by atoms with Crippen LogP contribution in [-0.4, -0.2) is 29.3 Å². The number of hydrogen-bond donors (Lipinski definition) is 2. The SMILES string of the molecule is COc1ccc(C(=O)Nc2ccc(NC3CC3)nn2)cc1. The molecule has 6 heteroatoms. The van der Waals surface area contributed by atoms with E-state index in [2.05, 4.69) is 20.8 Å². The zero-order valence-electron chi connectivity index (χ0n) is 11.7. The number of hydrogen-bond acceptors (Lipinski definition) is 5. The average Bonchev–Trinajstić information content (AvgIpc) is 3.33. The normalized spacial score (nSPS) is 13.6. The van der Waals surface area contributed by atoms with E-state index in [9.17, 15) is 4.79 Å². The van der Waals surface area contributed by atoms with Gasteiger partial charge in [-0.05, 0) is 49.2 Å². The summed E-state index contributed by atoms with van der Waals surface area (Å²) in [4.78, 5) is 12.1. The van der Waals surface area contributed by atoms with Crippen LogP contribution in [0.1, 0.15) is 23.2 Å². The molecule has 1 aromatic carbocycles. The molecule has 0 atom stereocenters. The van der Waals surface area contributed by atoms with Crippen LogP contribution in [0.4, 0.5) is 11.6 Å². The minimum absolute atomic E-state index is 0.227. The van der Waals surface area contributed by atoms with E-state index in [1.807, 2.05) is 6.07 Å². The molecule has 1 amide bonds. The van der Waals surface area contributed by atoms with Crippen molar-refractivity contribution in [1.82, 2.24) is 10.2 Å². The number of methoxy groups -OCH3 is 1. The van der Waals surface area contributed by atoms with Crippen LogP contribution in [0, 0.1) is 0 Å². The fourth-order valence-corrected chi connectivity index (χ4v) is 1.84. The minimum atomic E-state index is -0.227. The Bertz CT molecular complexity index is 621. The number of rotatable bonds is 5. The highest BCUT2D eigenvalue weighted by Gasteiger charge is 2.21. The Morgan fingerprint density at radius 2 is 1.76 bits per heavy atom. The molecule has 0 aliphatic heterocycles. The summed E-state index contributed by atoms with van der Waals surface area (Å²) in [6.07, 6.45) is 2.36. The van der Waals surface area contributed by atoms with E-state index >= 15 is 0 Å².